The van der Waals surface area contributed by atoms with Crippen molar-refractivity contribution in [1.29, 1.82) is 0 Å². The number of nitrogens with two attached hydrogens (primary N) is 1. The second-order valence-electron chi connectivity index (χ2n) is 6.88. The highest BCUT2D eigenvalue weighted by atomic mass is 16.5. The molecule has 0 aromatic heterocycles. The summed E-state index contributed by atoms with van der Waals surface area (Å²) < 4.78 is 5.22. The Bertz CT molecular complexity index is 544. The second kappa shape index (κ2) is 7.68. The Balaban J connectivity index is 2.04. The van der Waals surface area contributed by atoms with Crippen LogP contribution in [0.4, 0.5) is 5.69 Å². The van der Waals surface area contributed by atoms with Crippen molar-refractivity contribution in [3.05, 3.63) is 24.3 Å². The third-order valence-electron chi connectivity index (χ3n) is 4.90. The molecular formula is C18H30N4O. The maximum absolute atomic E-state index is 6.09. The molecule has 0 heterocycles. The van der Waals surface area contributed by atoms with Gasteiger partial charge in [0.1, 0.15) is 5.75 Å². The first kappa shape index (κ1) is 17.6. The summed E-state index contributed by atoms with van der Waals surface area (Å²) in [5, 5.41) is 3.15. The summed E-state index contributed by atoms with van der Waals surface area (Å²) in [5.74, 6) is 2.00. The minimum Gasteiger partial charge on any atom is -0.497 e. The topological polar surface area (TPSA) is 62.9 Å². The Hall–Kier alpha value is -1.75. The first-order valence-electron chi connectivity index (χ1n) is 8.33. The van der Waals surface area contributed by atoms with Gasteiger partial charge in [-0.15, -0.1) is 0 Å². The highest BCUT2D eigenvalue weighted by Crippen LogP contribution is 2.35. The lowest BCUT2D eigenvalue weighted by molar-refractivity contribution is 0.0846. The van der Waals surface area contributed by atoms with Crippen LogP contribution < -0.4 is 15.8 Å². The van der Waals surface area contributed by atoms with Crippen LogP contribution in [0.3, 0.4) is 0 Å². The maximum Gasteiger partial charge on any atom is 0.193 e. The summed E-state index contributed by atoms with van der Waals surface area (Å²) in [6.45, 7) is 3.06. The number of nitrogens with one attached hydrogen (secondary N) is 1. The van der Waals surface area contributed by atoms with Crippen molar-refractivity contribution in [2.75, 3.05) is 33.1 Å². The van der Waals surface area contributed by atoms with E-state index in [1.807, 2.05) is 24.3 Å². The Morgan fingerprint density at radius 2 is 2.26 bits per heavy atom. The number of nitrogens with zero attached hydrogens (tertiary/aromatic N) is 2. The van der Waals surface area contributed by atoms with E-state index in [1.165, 1.54) is 25.7 Å². The van der Waals surface area contributed by atoms with Gasteiger partial charge in [-0.3, -0.25) is 4.99 Å². The number of rotatable bonds is 5. The fourth-order valence-corrected chi connectivity index (χ4v) is 3.44. The Labute approximate surface area is 139 Å². The van der Waals surface area contributed by atoms with Gasteiger partial charge in [0.25, 0.3) is 0 Å². The first-order valence-corrected chi connectivity index (χ1v) is 8.33. The van der Waals surface area contributed by atoms with Crippen LogP contribution in [-0.2, 0) is 0 Å². The highest BCUT2D eigenvalue weighted by molar-refractivity contribution is 5.92. The summed E-state index contributed by atoms with van der Waals surface area (Å²) in [6.07, 6.45) is 4.94. The monoisotopic (exact) mass is 318 g/mol. The molecular weight excluding hydrogens is 288 g/mol. The third-order valence-corrected chi connectivity index (χ3v) is 4.90. The Kier molecular flexibility index (Phi) is 5.88. The number of likely N-dealkylation sites (N-methyl/N-ethyl adjacent to an activating group) is 1. The largest absolute Gasteiger partial charge is 0.497 e. The molecule has 1 fully saturated rings. The summed E-state index contributed by atoms with van der Waals surface area (Å²) in [4.78, 5) is 6.95. The molecule has 23 heavy (non-hydrogen) atoms. The molecule has 1 aromatic carbocycles. The van der Waals surface area contributed by atoms with Crippen molar-refractivity contribution < 1.29 is 4.74 Å². The van der Waals surface area contributed by atoms with Gasteiger partial charge in [-0.05, 0) is 45.0 Å². The summed E-state index contributed by atoms with van der Waals surface area (Å²) in [6, 6.07) is 7.70. The van der Waals surface area contributed by atoms with Crippen LogP contribution in [0, 0.1) is 5.92 Å². The van der Waals surface area contributed by atoms with Crippen molar-refractivity contribution in [2.24, 2.45) is 16.6 Å². The molecule has 0 spiro atoms. The van der Waals surface area contributed by atoms with Gasteiger partial charge in [0, 0.05) is 17.3 Å². The molecule has 3 N–H and O–H groups in total. The minimum absolute atomic E-state index is 0.123. The van der Waals surface area contributed by atoms with Crippen LogP contribution in [0.5, 0.6) is 5.75 Å². The van der Waals surface area contributed by atoms with E-state index in [1.54, 1.807) is 7.11 Å². The van der Waals surface area contributed by atoms with E-state index in [2.05, 4.69) is 36.2 Å². The van der Waals surface area contributed by atoms with Crippen molar-refractivity contribution in [3.8, 4) is 5.75 Å². The molecule has 0 saturated heterocycles. The van der Waals surface area contributed by atoms with Gasteiger partial charge in [-0.1, -0.05) is 25.8 Å². The van der Waals surface area contributed by atoms with Gasteiger partial charge in [0.15, 0.2) is 5.96 Å². The number of hydrogen-bond donors (Lipinski definition) is 2. The maximum atomic E-state index is 6.09. The average Bonchev–Trinajstić information content (AvgIpc) is 2.53. The molecule has 1 aliphatic carbocycles. The van der Waals surface area contributed by atoms with Crippen molar-refractivity contribution in [2.45, 2.75) is 38.1 Å². The van der Waals surface area contributed by atoms with Gasteiger partial charge < -0.3 is 20.7 Å². The van der Waals surface area contributed by atoms with E-state index in [-0.39, 0.29) is 5.54 Å². The summed E-state index contributed by atoms with van der Waals surface area (Å²) in [7, 11) is 5.96. The van der Waals surface area contributed by atoms with E-state index in [0.29, 0.717) is 5.96 Å². The molecule has 5 heteroatoms. The van der Waals surface area contributed by atoms with Gasteiger partial charge in [-0.25, -0.2) is 0 Å². The lowest BCUT2D eigenvalue weighted by Gasteiger charge is -2.44. The normalized spacial score (nSPS) is 25.4. The van der Waals surface area contributed by atoms with E-state index >= 15 is 0 Å². The molecule has 0 amide bonds. The fourth-order valence-electron chi connectivity index (χ4n) is 3.44. The van der Waals surface area contributed by atoms with Gasteiger partial charge in [-0.2, -0.15) is 0 Å². The van der Waals surface area contributed by atoms with Gasteiger partial charge >= 0.3 is 0 Å². The number of guanidine groups is 1. The zero-order valence-corrected chi connectivity index (χ0v) is 14.8. The SMILES string of the molecule is COc1cccc(NC(N)=NCC2(N(C)C)CCCC(C)C2)c1. The predicted molar refractivity (Wildman–Crippen MR) is 97.2 cm³/mol. The quantitative estimate of drug-likeness (QED) is 0.647. The molecule has 0 radical (unpaired) electrons. The highest BCUT2D eigenvalue weighted by Gasteiger charge is 2.36. The van der Waals surface area contributed by atoms with Crippen LogP contribution >= 0.6 is 0 Å². The molecule has 2 unspecified atom stereocenters. The van der Waals surface area contributed by atoms with Gasteiger partial charge in [0.2, 0.25) is 0 Å². The molecule has 1 saturated carbocycles. The van der Waals surface area contributed by atoms with Crippen LogP contribution in [0.1, 0.15) is 32.6 Å². The lowest BCUT2D eigenvalue weighted by Crippen LogP contribution is -2.50. The van der Waals surface area contributed by atoms with Gasteiger partial charge in [0.05, 0.1) is 13.7 Å². The smallest absolute Gasteiger partial charge is 0.193 e. The Morgan fingerprint density at radius 1 is 1.48 bits per heavy atom. The Morgan fingerprint density at radius 3 is 2.91 bits per heavy atom. The average molecular weight is 318 g/mol. The fraction of sp³-hybridized carbons (Fsp3) is 0.611. The zero-order chi connectivity index (χ0) is 16.9. The molecule has 0 aliphatic heterocycles. The molecule has 1 aromatic rings. The first-order chi connectivity index (χ1) is 10.9. The van der Waals surface area contributed by atoms with Crippen molar-refractivity contribution >= 4 is 11.6 Å². The minimum atomic E-state index is 0.123. The number of methoxy groups -OCH3 is 1. The van der Waals surface area contributed by atoms with Crippen molar-refractivity contribution in [3.63, 3.8) is 0 Å². The summed E-state index contributed by atoms with van der Waals surface area (Å²) in [5.41, 5.74) is 7.10. The van der Waals surface area contributed by atoms with Crippen LogP contribution in [0.25, 0.3) is 0 Å². The van der Waals surface area contributed by atoms with E-state index in [0.717, 1.165) is 23.9 Å². The van der Waals surface area contributed by atoms with Crippen LogP contribution in [0.15, 0.2) is 29.3 Å². The zero-order valence-electron chi connectivity index (χ0n) is 14.8. The number of aliphatic imine (C=N–C) groups is 1. The van der Waals surface area contributed by atoms with Crippen molar-refractivity contribution in [1.82, 2.24) is 4.90 Å². The third kappa shape index (κ3) is 4.61. The number of hydrogen-bond acceptors (Lipinski definition) is 3. The molecule has 2 rings (SSSR count). The standard InChI is InChI=1S/C18H30N4O/c1-14-7-6-10-18(12-14,22(2)3)13-20-17(19)21-15-8-5-9-16(11-15)23-4/h5,8-9,11,14H,6-7,10,12-13H2,1-4H3,(H3,19,20,21). The van der Waals surface area contributed by atoms with E-state index < -0.39 is 0 Å². The molecule has 5 nitrogen and oxygen atoms in total. The number of ether oxygens (including phenoxy) is 1. The summed E-state index contributed by atoms with van der Waals surface area (Å²) >= 11 is 0. The van der Waals surface area contributed by atoms with E-state index in [4.69, 9.17) is 10.5 Å². The lowest BCUT2D eigenvalue weighted by atomic mass is 9.75. The van der Waals surface area contributed by atoms with Crippen LogP contribution in [0.2, 0.25) is 0 Å². The number of benzene rings is 1. The molecule has 1 aliphatic rings. The van der Waals surface area contributed by atoms with E-state index in [9.17, 15) is 0 Å². The molecule has 128 valence electrons. The molecule has 2 atom stereocenters. The molecule has 0 bridgehead atoms. The van der Waals surface area contributed by atoms with Crippen LogP contribution in [-0.4, -0.2) is 44.1 Å². The second-order valence-corrected chi connectivity index (χ2v) is 6.88. The number of anilines is 1. The predicted octanol–water partition coefficient (Wildman–Crippen LogP) is 2.93.